The van der Waals surface area contributed by atoms with Crippen molar-refractivity contribution in [2.45, 2.75) is 39.0 Å². The zero-order valence-corrected chi connectivity index (χ0v) is 17.3. The maximum atomic E-state index is 12.5. The van der Waals surface area contributed by atoms with Crippen molar-refractivity contribution in [3.63, 3.8) is 0 Å². The Kier molecular flexibility index (Phi) is 8.22. The van der Waals surface area contributed by atoms with Crippen molar-refractivity contribution in [1.82, 2.24) is 10.6 Å². The van der Waals surface area contributed by atoms with Crippen LogP contribution in [0.3, 0.4) is 0 Å². The van der Waals surface area contributed by atoms with E-state index in [0.29, 0.717) is 5.69 Å². The number of benzene rings is 2. The molecule has 0 fully saturated rings. The van der Waals surface area contributed by atoms with E-state index in [-0.39, 0.29) is 13.2 Å². The number of amides is 3. The molecule has 3 amide bonds. The van der Waals surface area contributed by atoms with E-state index in [1.165, 1.54) is 0 Å². The number of ether oxygens (including phenoxy) is 2. The Bertz CT molecular complexity index is 835. The number of urea groups is 1. The van der Waals surface area contributed by atoms with Gasteiger partial charge in [0.2, 0.25) is 0 Å². The molecule has 8 heteroatoms. The third kappa shape index (κ3) is 8.64. The first-order chi connectivity index (χ1) is 14.2. The molecule has 2 aromatic rings. The molecule has 8 nitrogen and oxygen atoms in total. The summed E-state index contributed by atoms with van der Waals surface area (Å²) in [6.07, 6.45) is -0.783. The van der Waals surface area contributed by atoms with Gasteiger partial charge in [-0.1, -0.05) is 48.5 Å². The predicted molar refractivity (Wildman–Crippen MR) is 113 cm³/mol. The average molecular weight is 413 g/mol. The molecule has 0 aliphatic heterocycles. The summed E-state index contributed by atoms with van der Waals surface area (Å²) < 4.78 is 10.5. The minimum absolute atomic E-state index is 0.0440. The van der Waals surface area contributed by atoms with E-state index < -0.39 is 29.7 Å². The zero-order valence-electron chi connectivity index (χ0n) is 17.3. The number of esters is 1. The number of rotatable bonds is 7. The van der Waals surface area contributed by atoms with Crippen LogP contribution in [0, 0.1) is 0 Å². The van der Waals surface area contributed by atoms with Crippen LogP contribution in [0.4, 0.5) is 15.3 Å². The Labute approximate surface area is 175 Å². The molecule has 1 atom stereocenters. The SMILES string of the molecule is CC(C)(C)OC(=O)NC(CNC(=O)Nc1ccccc1)C(=O)OCc1ccccc1. The highest BCUT2D eigenvalue weighted by Gasteiger charge is 2.26. The molecule has 3 N–H and O–H groups in total. The molecule has 0 saturated carbocycles. The van der Waals surface area contributed by atoms with Crippen LogP contribution in [0.5, 0.6) is 0 Å². The summed E-state index contributed by atoms with van der Waals surface area (Å²) in [7, 11) is 0. The second-order valence-electron chi connectivity index (χ2n) is 7.49. The lowest BCUT2D eigenvalue weighted by Gasteiger charge is -2.23. The van der Waals surface area contributed by atoms with E-state index in [0.717, 1.165) is 5.56 Å². The van der Waals surface area contributed by atoms with Crippen LogP contribution < -0.4 is 16.0 Å². The third-order valence-electron chi connectivity index (χ3n) is 3.70. The number of carbonyl (C=O) groups excluding carboxylic acids is 3. The molecule has 0 bridgehead atoms. The fourth-order valence-electron chi connectivity index (χ4n) is 2.36. The summed E-state index contributed by atoms with van der Waals surface area (Å²) in [4.78, 5) is 36.8. The largest absolute Gasteiger partial charge is 0.459 e. The molecule has 2 aromatic carbocycles. The fourth-order valence-corrected chi connectivity index (χ4v) is 2.36. The molecule has 0 aromatic heterocycles. The van der Waals surface area contributed by atoms with Gasteiger partial charge >= 0.3 is 18.1 Å². The molecule has 0 saturated heterocycles. The topological polar surface area (TPSA) is 106 Å². The van der Waals surface area contributed by atoms with Gasteiger partial charge in [0.15, 0.2) is 0 Å². The molecule has 0 radical (unpaired) electrons. The Morgan fingerprint density at radius 3 is 2.13 bits per heavy atom. The van der Waals surface area contributed by atoms with Gasteiger partial charge in [-0.3, -0.25) is 0 Å². The maximum absolute atomic E-state index is 12.5. The number of hydrogen-bond acceptors (Lipinski definition) is 5. The quantitative estimate of drug-likeness (QED) is 0.603. The molecular formula is C22H27N3O5. The lowest BCUT2D eigenvalue weighted by Crippen LogP contribution is -2.50. The van der Waals surface area contributed by atoms with Crippen LogP contribution >= 0.6 is 0 Å². The number of nitrogens with one attached hydrogen (secondary N) is 3. The van der Waals surface area contributed by atoms with E-state index in [1.807, 2.05) is 36.4 Å². The Morgan fingerprint density at radius 2 is 1.53 bits per heavy atom. The van der Waals surface area contributed by atoms with Gasteiger partial charge in [-0.15, -0.1) is 0 Å². The second kappa shape index (κ2) is 10.8. The van der Waals surface area contributed by atoms with Crippen LogP contribution in [0.1, 0.15) is 26.3 Å². The summed E-state index contributed by atoms with van der Waals surface area (Å²) in [5.74, 6) is -0.690. The van der Waals surface area contributed by atoms with E-state index in [4.69, 9.17) is 9.47 Å². The Hall–Kier alpha value is -3.55. The van der Waals surface area contributed by atoms with Crippen LogP contribution in [0.25, 0.3) is 0 Å². The molecule has 0 aliphatic rings. The Morgan fingerprint density at radius 1 is 0.933 bits per heavy atom. The highest BCUT2D eigenvalue weighted by atomic mass is 16.6. The van der Waals surface area contributed by atoms with Crippen molar-refractivity contribution in [1.29, 1.82) is 0 Å². The van der Waals surface area contributed by atoms with E-state index >= 15 is 0 Å². The van der Waals surface area contributed by atoms with Crippen molar-refractivity contribution >= 4 is 23.8 Å². The molecule has 160 valence electrons. The van der Waals surface area contributed by atoms with Gasteiger partial charge in [0.05, 0.1) is 6.54 Å². The van der Waals surface area contributed by atoms with E-state index in [9.17, 15) is 14.4 Å². The second-order valence-corrected chi connectivity index (χ2v) is 7.49. The summed E-state index contributed by atoms with van der Waals surface area (Å²) in [5.41, 5.74) is 0.663. The third-order valence-corrected chi connectivity index (χ3v) is 3.70. The van der Waals surface area contributed by atoms with E-state index in [2.05, 4.69) is 16.0 Å². The van der Waals surface area contributed by atoms with Crippen LogP contribution in [-0.4, -0.2) is 36.3 Å². The van der Waals surface area contributed by atoms with Gasteiger partial charge in [0.25, 0.3) is 0 Å². The van der Waals surface area contributed by atoms with Crippen molar-refractivity contribution in [3.05, 3.63) is 66.2 Å². The van der Waals surface area contributed by atoms with Crippen LogP contribution in [0.2, 0.25) is 0 Å². The van der Waals surface area contributed by atoms with Gasteiger partial charge in [-0.05, 0) is 38.5 Å². The number of para-hydroxylation sites is 1. The minimum atomic E-state index is -1.12. The molecule has 0 aliphatic carbocycles. The van der Waals surface area contributed by atoms with Crippen molar-refractivity contribution < 1.29 is 23.9 Å². The maximum Gasteiger partial charge on any atom is 0.408 e. The minimum Gasteiger partial charge on any atom is -0.459 e. The van der Waals surface area contributed by atoms with Gasteiger partial charge in [0, 0.05) is 5.69 Å². The highest BCUT2D eigenvalue weighted by Crippen LogP contribution is 2.08. The summed E-state index contributed by atoms with van der Waals surface area (Å²) >= 11 is 0. The van der Waals surface area contributed by atoms with Crippen molar-refractivity contribution in [2.75, 3.05) is 11.9 Å². The molecule has 30 heavy (non-hydrogen) atoms. The van der Waals surface area contributed by atoms with Gasteiger partial charge in [0.1, 0.15) is 18.2 Å². The van der Waals surface area contributed by atoms with Crippen molar-refractivity contribution in [2.24, 2.45) is 0 Å². The first kappa shape index (κ1) is 22.7. The smallest absolute Gasteiger partial charge is 0.408 e. The predicted octanol–water partition coefficient (Wildman–Crippen LogP) is 3.44. The van der Waals surface area contributed by atoms with Crippen LogP contribution in [0.15, 0.2) is 60.7 Å². The number of carbonyl (C=O) groups is 3. The zero-order chi connectivity index (χ0) is 22.0. The number of anilines is 1. The van der Waals surface area contributed by atoms with Gasteiger partial charge in [-0.25, -0.2) is 14.4 Å². The first-order valence-corrected chi connectivity index (χ1v) is 9.53. The fraction of sp³-hybridized carbons (Fsp3) is 0.318. The Balaban J connectivity index is 1.95. The van der Waals surface area contributed by atoms with Crippen molar-refractivity contribution in [3.8, 4) is 0 Å². The lowest BCUT2D eigenvalue weighted by molar-refractivity contribution is -0.147. The van der Waals surface area contributed by atoms with Crippen LogP contribution in [-0.2, 0) is 20.9 Å². The highest BCUT2D eigenvalue weighted by molar-refractivity contribution is 5.90. The summed E-state index contributed by atoms with van der Waals surface area (Å²) in [6, 6.07) is 16.3. The molecule has 0 heterocycles. The average Bonchev–Trinajstić information content (AvgIpc) is 2.69. The summed E-state index contributed by atoms with van der Waals surface area (Å²) in [5, 5.41) is 7.65. The number of alkyl carbamates (subject to hydrolysis) is 1. The first-order valence-electron chi connectivity index (χ1n) is 9.53. The van der Waals surface area contributed by atoms with Gasteiger partial charge < -0.3 is 25.4 Å². The summed E-state index contributed by atoms with van der Waals surface area (Å²) in [6.45, 7) is 5.00. The van der Waals surface area contributed by atoms with E-state index in [1.54, 1.807) is 45.0 Å². The van der Waals surface area contributed by atoms with Gasteiger partial charge in [-0.2, -0.15) is 0 Å². The number of hydrogen-bond donors (Lipinski definition) is 3. The normalized spacial score (nSPS) is 11.7. The molecule has 1 unspecified atom stereocenters. The molecule has 2 rings (SSSR count). The molecular weight excluding hydrogens is 386 g/mol. The lowest BCUT2D eigenvalue weighted by atomic mass is 10.2. The molecule has 0 spiro atoms. The standard InChI is InChI=1S/C22H27N3O5/c1-22(2,3)30-21(28)25-18(19(26)29-15-16-10-6-4-7-11-16)14-23-20(27)24-17-12-8-5-9-13-17/h4-13,18H,14-15H2,1-3H3,(H,25,28)(H2,23,24,27). The monoisotopic (exact) mass is 413 g/mol.